The minimum absolute atomic E-state index is 0.291. The van der Waals surface area contributed by atoms with Crippen molar-refractivity contribution < 1.29 is 9.53 Å². The number of primary amides is 1. The second-order valence-corrected chi connectivity index (χ2v) is 2.17. The zero-order chi connectivity index (χ0) is 7.82. The van der Waals surface area contributed by atoms with Crippen molar-refractivity contribution in [3.05, 3.63) is 0 Å². The monoisotopic (exact) mass is 253 g/mol. The van der Waals surface area contributed by atoms with Crippen LogP contribution in [0.3, 0.4) is 0 Å². The molecule has 0 saturated heterocycles. The van der Waals surface area contributed by atoms with E-state index in [0.29, 0.717) is 13.0 Å². The van der Waals surface area contributed by atoms with Crippen molar-refractivity contribution in [1.29, 1.82) is 0 Å². The van der Waals surface area contributed by atoms with Gasteiger partial charge in [0.25, 0.3) is 0 Å². The lowest BCUT2D eigenvalue weighted by atomic mass is 10.4. The first-order chi connectivity index (χ1) is 4.77. The van der Waals surface area contributed by atoms with Gasteiger partial charge < -0.3 is 10.5 Å². The van der Waals surface area contributed by atoms with Crippen LogP contribution >= 0.6 is 22.6 Å². The number of hydrogen-bond acceptors (Lipinski definition) is 2. The number of alkyl halides is 1. The number of carbonyl (C=O) groups is 1. The van der Waals surface area contributed by atoms with E-state index in [1.54, 1.807) is 0 Å². The minimum Gasteiger partial charge on any atom is -0.449 e. The highest BCUT2D eigenvalue weighted by molar-refractivity contribution is 14.1. The Labute approximate surface area is 73.4 Å². The van der Waals surface area contributed by atoms with Crippen LogP contribution in [0.2, 0.25) is 0 Å². The summed E-state index contributed by atoms with van der Waals surface area (Å²) in [6, 6.07) is 0. The average Bonchev–Trinajstić information content (AvgIpc) is 1.87. The van der Waals surface area contributed by atoms with E-state index in [2.05, 4.69) is 39.2 Å². The van der Waals surface area contributed by atoms with Gasteiger partial charge in [0, 0.05) is 6.42 Å². The number of ether oxygens (including phenoxy) is 1. The molecule has 2 N–H and O–H groups in total. The van der Waals surface area contributed by atoms with Gasteiger partial charge in [0.15, 0.2) is 0 Å². The normalized spacial score (nSPS) is 7.70. The molecule has 0 bridgehead atoms. The summed E-state index contributed by atoms with van der Waals surface area (Å²) in [7, 11) is 0. The Bertz CT molecular complexity index is 159. The molecule has 0 fully saturated rings. The number of halogens is 1. The maximum atomic E-state index is 9.98. The lowest BCUT2D eigenvalue weighted by Gasteiger charge is -1.93. The van der Waals surface area contributed by atoms with Gasteiger partial charge in [-0.1, -0.05) is 34.4 Å². The second kappa shape index (κ2) is 6.68. The Kier molecular flexibility index (Phi) is 6.38. The standard InChI is InChI=1S/C6H8INO2/c7-4-2-1-3-5-10-6(8)9/h3-5H2,(H2,8,9). The lowest BCUT2D eigenvalue weighted by Crippen LogP contribution is -2.13. The maximum Gasteiger partial charge on any atom is 0.404 e. The van der Waals surface area contributed by atoms with Crippen LogP contribution in [-0.4, -0.2) is 17.1 Å². The Morgan fingerprint density at radius 2 is 2.30 bits per heavy atom. The Hall–Kier alpha value is -0.440. The summed E-state index contributed by atoms with van der Waals surface area (Å²) >= 11 is 2.15. The SMILES string of the molecule is NC(=O)OCCC#CCI. The third kappa shape index (κ3) is 7.56. The Morgan fingerprint density at radius 3 is 2.80 bits per heavy atom. The Balaban J connectivity index is 3.13. The van der Waals surface area contributed by atoms with E-state index in [-0.39, 0.29) is 0 Å². The van der Waals surface area contributed by atoms with E-state index in [4.69, 9.17) is 5.73 Å². The van der Waals surface area contributed by atoms with Crippen molar-refractivity contribution in [3.8, 4) is 11.8 Å². The topological polar surface area (TPSA) is 52.3 Å². The van der Waals surface area contributed by atoms with Gasteiger partial charge in [-0.15, -0.1) is 0 Å². The van der Waals surface area contributed by atoms with E-state index < -0.39 is 6.09 Å². The van der Waals surface area contributed by atoms with Crippen molar-refractivity contribution >= 4 is 28.7 Å². The van der Waals surface area contributed by atoms with E-state index >= 15 is 0 Å². The van der Waals surface area contributed by atoms with Gasteiger partial charge in [0.05, 0.1) is 4.43 Å². The fourth-order valence-electron chi connectivity index (χ4n) is 0.338. The van der Waals surface area contributed by atoms with Gasteiger partial charge in [-0.3, -0.25) is 0 Å². The highest BCUT2D eigenvalue weighted by Gasteiger charge is 1.88. The van der Waals surface area contributed by atoms with E-state index in [0.717, 1.165) is 4.43 Å². The fraction of sp³-hybridized carbons (Fsp3) is 0.500. The van der Waals surface area contributed by atoms with Crippen LogP contribution in [-0.2, 0) is 4.74 Å². The predicted octanol–water partition coefficient (Wildman–Crippen LogP) is 0.910. The molecule has 0 atom stereocenters. The van der Waals surface area contributed by atoms with Crippen LogP contribution in [0.4, 0.5) is 4.79 Å². The van der Waals surface area contributed by atoms with Crippen molar-refractivity contribution in [2.75, 3.05) is 11.0 Å². The van der Waals surface area contributed by atoms with Gasteiger partial charge in [0.1, 0.15) is 6.61 Å². The smallest absolute Gasteiger partial charge is 0.404 e. The molecule has 0 radical (unpaired) electrons. The van der Waals surface area contributed by atoms with Gasteiger partial charge in [-0.2, -0.15) is 0 Å². The molecule has 1 amide bonds. The van der Waals surface area contributed by atoms with Crippen LogP contribution in [0, 0.1) is 11.8 Å². The van der Waals surface area contributed by atoms with Gasteiger partial charge in [-0.25, -0.2) is 4.79 Å². The fourth-order valence-corrected chi connectivity index (χ4v) is 0.608. The third-order valence-corrected chi connectivity index (χ3v) is 1.04. The second-order valence-electron chi connectivity index (χ2n) is 1.40. The van der Waals surface area contributed by atoms with Gasteiger partial charge >= 0.3 is 6.09 Å². The first-order valence-electron chi connectivity index (χ1n) is 2.71. The molecule has 56 valence electrons. The van der Waals surface area contributed by atoms with Crippen LogP contribution in [0.1, 0.15) is 6.42 Å². The molecule has 0 aliphatic rings. The van der Waals surface area contributed by atoms with Crippen LogP contribution in [0.5, 0.6) is 0 Å². The van der Waals surface area contributed by atoms with Crippen LogP contribution in [0.15, 0.2) is 0 Å². The summed E-state index contributed by atoms with van der Waals surface area (Å²) in [6.07, 6.45) is -0.178. The minimum atomic E-state index is -0.740. The van der Waals surface area contributed by atoms with Crippen LogP contribution in [0.25, 0.3) is 0 Å². The third-order valence-electron chi connectivity index (χ3n) is 0.663. The van der Waals surface area contributed by atoms with Gasteiger partial charge in [-0.05, 0) is 0 Å². The molecule has 0 saturated carbocycles. The molecule has 0 aliphatic heterocycles. The molecular weight excluding hydrogens is 245 g/mol. The van der Waals surface area contributed by atoms with Crippen molar-refractivity contribution in [1.82, 2.24) is 0 Å². The average molecular weight is 253 g/mol. The summed E-state index contributed by atoms with van der Waals surface area (Å²) in [4.78, 5) is 9.98. The molecule has 3 nitrogen and oxygen atoms in total. The molecule has 10 heavy (non-hydrogen) atoms. The van der Waals surface area contributed by atoms with E-state index in [9.17, 15) is 4.79 Å². The molecule has 0 aromatic carbocycles. The lowest BCUT2D eigenvalue weighted by molar-refractivity contribution is 0.159. The van der Waals surface area contributed by atoms with Crippen molar-refractivity contribution in [2.24, 2.45) is 5.73 Å². The highest BCUT2D eigenvalue weighted by atomic mass is 127. The molecule has 0 spiro atoms. The molecule has 4 heteroatoms. The number of rotatable bonds is 2. The number of nitrogens with two attached hydrogens (primary N) is 1. The summed E-state index contributed by atoms with van der Waals surface area (Å²) in [5.74, 6) is 5.63. The van der Waals surface area contributed by atoms with Gasteiger partial charge in [0.2, 0.25) is 0 Å². The number of hydrogen-bond donors (Lipinski definition) is 1. The number of carbonyl (C=O) groups excluding carboxylic acids is 1. The molecule has 0 aromatic heterocycles. The highest BCUT2D eigenvalue weighted by Crippen LogP contribution is 1.81. The van der Waals surface area contributed by atoms with Crippen molar-refractivity contribution in [3.63, 3.8) is 0 Å². The molecule has 0 heterocycles. The van der Waals surface area contributed by atoms with E-state index in [1.807, 2.05) is 0 Å². The maximum absolute atomic E-state index is 9.98. The molecule has 0 unspecified atom stereocenters. The summed E-state index contributed by atoms with van der Waals surface area (Å²) in [5.41, 5.74) is 4.70. The van der Waals surface area contributed by atoms with Crippen LogP contribution < -0.4 is 5.73 Å². The largest absolute Gasteiger partial charge is 0.449 e. The zero-order valence-corrected chi connectivity index (χ0v) is 7.55. The molecule has 0 rings (SSSR count). The quantitative estimate of drug-likeness (QED) is 0.344. The van der Waals surface area contributed by atoms with Crippen molar-refractivity contribution in [2.45, 2.75) is 6.42 Å². The van der Waals surface area contributed by atoms with E-state index in [1.165, 1.54) is 0 Å². The first kappa shape index (κ1) is 9.56. The molecular formula is C6H8INO2. The first-order valence-corrected chi connectivity index (χ1v) is 4.24. The predicted molar refractivity (Wildman–Crippen MR) is 46.8 cm³/mol. The number of amides is 1. The molecule has 0 aliphatic carbocycles. The Morgan fingerprint density at radius 1 is 1.60 bits per heavy atom. The summed E-state index contributed by atoms with van der Waals surface area (Å²) in [6.45, 7) is 0.291. The zero-order valence-electron chi connectivity index (χ0n) is 5.39. The molecule has 0 aromatic rings. The summed E-state index contributed by atoms with van der Waals surface area (Å²) in [5, 5.41) is 0. The summed E-state index contributed by atoms with van der Waals surface area (Å²) < 4.78 is 5.22.